The maximum absolute atomic E-state index is 5.25. The Morgan fingerprint density at radius 1 is 0.347 bits per heavy atom. The first kappa shape index (κ1) is 54.2. The van der Waals surface area contributed by atoms with E-state index in [1.54, 1.807) is 0 Å². The second kappa shape index (κ2) is 40.0. The van der Waals surface area contributed by atoms with Gasteiger partial charge in [0.15, 0.2) is 0 Å². The monoisotopic (exact) mass is 808 g/mol. The summed E-state index contributed by atoms with van der Waals surface area (Å²) in [5, 5.41) is 0. The summed E-state index contributed by atoms with van der Waals surface area (Å²) in [6.45, 7) is 22.8. The van der Waals surface area contributed by atoms with E-state index in [4.69, 9.17) is 49.7 Å². The normalized spacial score (nSPS) is 11.2. The molecule has 2 nitrogen and oxygen atoms in total. The molecule has 0 saturated heterocycles. The van der Waals surface area contributed by atoms with Gasteiger partial charge in [-0.15, -0.1) is 0 Å². The van der Waals surface area contributed by atoms with Gasteiger partial charge in [0.25, 0.3) is 0 Å². The largest absolute Gasteiger partial charge is 2.00 e. The molecule has 49 heavy (non-hydrogen) atoms. The maximum atomic E-state index is 5.25. The van der Waals surface area contributed by atoms with Crippen LogP contribution in [0.3, 0.4) is 0 Å². The van der Waals surface area contributed by atoms with Crippen molar-refractivity contribution in [1.82, 2.24) is 9.80 Å². The molecule has 0 aromatic heterocycles. The number of hydrogen-bond donors (Lipinski definition) is 0. The zero-order chi connectivity index (χ0) is 36.4. The third-order valence-electron chi connectivity index (χ3n) is 9.35. The van der Waals surface area contributed by atoms with Gasteiger partial charge in [0.1, 0.15) is 0 Å². The van der Waals surface area contributed by atoms with Crippen LogP contribution in [0.5, 0.6) is 0 Å². The van der Waals surface area contributed by atoms with E-state index in [-0.39, 0.29) is 19.5 Å². The fourth-order valence-electron chi connectivity index (χ4n) is 6.13. The van der Waals surface area contributed by atoms with E-state index in [2.05, 4.69) is 65.2 Å². The minimum Gasteiger partial charge on any atom is -0.411 e. The van der Waals surface area contributed by atoms with Crippen LogP contribution in [0, 0.1) is 23.7 Å². The molecule has 0 rings (SSSR count). The molecule has 0 aliphatic heterocycles. The second-order valence-corrected chi connectivity index (χ2v) is 18.4. The summed E-state index contributed by atoms with van der Waals surface area (Å²) in [5.41, 5.74) is 0. The van der Waals surface area contributed by atoms with E-state index < -0.39 is 0 Å². The summed E-state index contributed by atoms with van der Waals surface area (Å²) in [5.74, 6) is 3.40. The molecule has 0 spiro atoms. The van der Waals surface area contributed by atoms with Crippen molar-refractivity contribution in [3.05, 3.63) is 0 Å². The SMILES string of the molecule is CC(C)CCCCCCCN(CCCCCCCC(C)C)C(=S)[S-].CC(C)CCCCCCCN(CCCCCCCC(C)C)C(=S)[S-].[Zn+2]. The molecule has 288 valence electrons. The van der Waals surface area contributed by atoms with Crippen LogP contribution >= 0.6 is 24.4 Å². The molecule has 0 atom stereocenters. The van der Waals surface area contributed by atoms with E-state index in [0.717, 1.165) is 49.9 Å². The van der Waals surface area contributed by atoms with Crippen LogP contribution in [0.15, 0.2) is 0 Å². The van der Waals surface area contributed by atoms with Crippen molar-refractivity contribution >= 4 is 58.3 Å². The first-order valence-electron chi connectivity index (χ1n) is 20.8. The summed E-state index contributed by atoms with van der Waals surface area (Å²) in [4.78, 5) is 4.51. The topological polar surface area (TPSA) is 6.48 Å². The predicted molar refractivity (Wildman–Crippen MR) is 233 cm³/mol. The molecular formula is C42H84N2S4Zn. The summed E-state index contributed by atoms with van der Waals surface area (Å²) < 4.78 is 1.35. The Labute approximate surface area is 344 Å². The zero-order valence-electron chi connectivity index (χ0n) is 34.3. The molecule has 0 saturated carbocycles. The summed E-state index contributed by atoms with van der Waals surface area (Å²) >= 11 is 21.0. The Bertz CT molecular complexity index is 600. The van der Waals surface area contributed by atoms with Crippen molar-refractivity contribution < 1.29 is 19.5 Å². The van der Waals surface area contributed by atoms with Gasteiger partial charge in [-0.1, -0.05) is 192 Å². The Hall–Kier alpha value is 0.843. The van der Waals surface area contributed by atoms with Crippen LogP contribution in [0.4, 0.5) is 0 Å². The predicted octanol–water partition coefficient (Wildman–Crippen LogP) is 14.2. The van der Waals surface area contributed by atoms with Crippen molar-refractivity contribution in [2.45, 2.75) is 209 Å². The Kier molecular flexibility index (Phi) is 44.3. The van der Waals surface area contributed by atoms with Crippen LogP contribution < -0.4 is 0 Å². The van der Waals surface area contributed by atoms with Crippen LogP contribution in [-0.2, 0) is 44.7 Å². The van der Waals surface area contributed by atoms with Crippen LogP contribution in [-0.4, -0.2) is 44.6 Å². The van der Waals surface area contributed by atoms with E-state index in [9.17, 15) is 0 Å². The molecule has 0 heterocycles. The van der Waals surface area contributed by atoms with Gasteiger partial charge in [-0.25, -0.2) is 0 Å². The first-order valence-corrected chi connectivity index (χ1v) is 22.4. The van der Waals surface area contributed by atoms with E-state index in [1.165, 1.54) is 154 Å². The van der Waals surface area contributed by atoms with Crippen LogP contribution in [0.25, 0.3) is 0 Å². The molecule has 0 aliphatic rings. The number of nitrogens with zero attached hydrogens (tertiary/aromatic N) is 2. The third-order valence-corrected chi connectivity index (χ3v) is 10.4. The van der Waals surface area contributed by atoms with Crippen LogP contribution in [0.1, 0.15) is 209 Å². The third kappa shape index (κ3) is 44.9. The zero-order valence-corrected chi connectivity index (χ0v) is 40.6. The average Bonchev–Trinajstić information content (AvgIpc) is 3.00. The van der Waals surface area contributed by atoms with Gasteiger partial charge < -0.3 is 59.5 Å². The molecule has 0 fully saturated rings. The molecular weight excluding hydrogens is 726 g/mol. The van der Waals surface area contributed by atoms with Gasteiger partial charge >= 0.3 is 19.5 Å². The molecule has 0 aromatic carbocycles. The summed E-state index contributed by atoms with van der Waals surface area (Å²) in [6, 6.07) is 0. The van der Waals surface area contributed by atoms with Crippen molar-refractivity contribution in [3.63, 3.8) is 0 Å². The number of rotatable bonds is 32. The Morgan fingerprint density at radius 2 is 0.510 bits per heavy atom. The summed E-state index contributed by atoms with van der Waals surface area (Å²) in [7, 11) is 0. The number of thiocarbonyl (C=S) groups is 2. The van der Waals surface area contributed by atoms with E-state index in [0.29, 0.717) is 8.64 Å². The van der Waals surface area contributed by atoms with Crippen LogP contribution in [0.2, 0.25) is 0 Å². The molecule has 7 heteroatoms. The van der Waals surface area contributed by atoms with Gasteiger partial charge in [0.05, 0.1) is 0 Å². The average molecular weight is 811 g/mol. The number of unbranched alkanes of at least 4 members (excludes halogenated alkanes) is 16. The van der Waals surface area contributed by atoms with E-state index >= 15 is 0 Å². The smallest absolute Gasteiger partial charge is 0.411 e. The number of hydrogen-bond acceptors (Lipinski definition) is 4. The fraction of sp³-hybridized carbons (Fsp3) is 0.952. The molecule has 0 unspecified atom stereocenters. The standard InChI is InChI=1S/2C21H43NS2.Zn/c2*1-19(2)15-11-7-5-9-13-17-22(21(23)24)18-14-10-6-8-12-16-20(3)4;/h2*19-20H,5-18H2,1-4H3,(H,23,24);/q;;+2/p-2. The molecule has 0 radical (unpaired) electrons. The van der Waals surface area contributed by atoms with Gasteiger partial charge in [-0.3, -0.25) is 0 Å². The Morgan fingerprint density at radius 3 is 0.673 bits per heavy atom. The van der Waals surface area contributed by atoms with E-state index in [1.807, 2.05) is 0 Å². The second-order valence-electron chi connectivity index (χ2n) is 16.3. The molecule has 0 amide bonds. The van der Waals surface area contributed by atoms with Gasteiger partial charge in [0.2, 0.25) is 0 Å². The minimum absolute atomic E-state index is 0. The molecule has 0 bridgehead atoms. The quantitative estimate of drug-likeness (QED) is 0.0287. The molecule has 0 aliphatic carbocycles. The van der Waals surface area contributed by atoms with Crippen molar-refractivity contribution in [3.8, 4) is 0 Å². The first-order chi connectivity index (χ1) is 22.9. The summed E-state index contributed by atoms with van der Waals surface area (Å²) in [6.07, 6.45) is 32.3. The van der Waals surface area contributed by atoms with Crippen molar-refractivity contribution in [2.24, 2.45) is 23.7 Å². The minimum atomic E-state index is 0. The van der Waals surface area contributed by atoms with Crippen molar-refractivity contribution in [2.75, 3.05) is 26.2 Å². The molecule has 0 aromatic rings. The van der Waals surface area contributed by atoms with Crippen molar-refractivity contribution in [1.29, 1.82) is 0 Å². The van der Waals surface area contributed by atoms with Gasteiger partial charge in [-0.2, -0.15) is 0 Å². The maximum Gasteiger partial charge on any atom is 2.00 e. The molecule has 0 N–H and O–H groups in total. The van der Waals surface area contributed by atoms with Gasteiger partial charge in [-0.05, 0) is 49.4 Å². The Balaban J connectivity index is -0.000000846. The fourth-order valence-corrected chi connectivity index (χ4v) is 6.86. The van der Waals surface area contributed by atoms with Gasteiger partial charge in [0, 0.05) is 26.2 Å².